The summed E-state index contributed by atoms with van der Waals surface area (Å²) in [6, 6.07) is 14.7. The van der Waals surface area contributed by atoms with Gasteiger partial charge in [-0.3, -0.25) is 9.59 Å². The van der Waals surface area contributed by atoms with Crippen LogP contribution in [0.5, 0.6) is 5.75 Å². The average molecular weight is 402 g/mol. The zero-order valence-electron chi connectivity index (χ0n) is 15.9. The van der Waals surface area contributed by atoms with Gasteiger partial charge in [0.25, 0.3) is 5.91 Å². The Hall–Kier alpha value is -2.57. The van der Waals surface area contributed by atoms with Crippen LogP contribution in [0.1, 0.15) is 25.5 Å². The van der Waals surface area contributed by atoms with Crippen LogP contribution in [-0.2, 0) is 9.59 Å². The number of carbonyl (C=O) groups is 2. The highest BCUT2D eigenvalue weighted by Gasteiger charge is 2.32. The van der Waals surface area contributed by atoms with Gasteiger partial charge in [-0.25, -0.2) is 0 Å². The molecule has 0 radical (unpaired) electrons. The highest BCUT2D eigenvalue weighted by Crippen LogP contribution is 2.33. The van der Waals surface area contributed by atoms with Crippen molar-refractivity contribution in [1.82, 2.24) is 5.32 Å². The molecule has 0 aromatic heterocycles. The van der Waals surface area contributed by atoms with Crippen LogP contribution in [0.15, 0.2) is 48.5 Å². The van der Waals surface area contributed by atoms with Crippen LogP contribution in [0.2, 0.25) is 5.02 Å². The zero-order valence-corrected chi connectivity index (χ0v) is 16.6. The molecule has 0 aliphatic carbocycles. The molecule has 6 nitrogen and oxygen atoms in total. The number of fused-ring (bicyclic) bond motifs is 1. The lowest BCUT2D eigenvalue weighted by Crippen LogP contribution is -2.51. The second-order valence-corrected chi connectivity index (χ2v) is 7.57. The molecule has 0 spiro atoms. The molecule has 3 N–H and O–H groups in total. The van der Waals surface area contributed by atoms with Crippen LogP contribution in [-0.4, -0.2) is 31.0 Å². The van der Waals surface area contributed by atoms with Gasteiger partial charge in [0.15, 0.2) is 6.10 Å². The van der Waals surface area contributed by atoms with Gasteiger partial charge in [0.1, 0.15) is 5.75 Å². The van der Waals surface area contributed by atoms with Crippen LogP contribution in [0, 0.1) is 5.92 Å². The molecule has 1 heterocycles. The van der Waals surface area contributed by atoms with Crippen molar-refractivity contribution in [2.75, 3.05) is 18.0 Å². The number of nitrogens with zero attached hydrogens (tertiary/aromatic N) is 1. The molecule has 1 aliphatic heterocycles. The van der Waals surface area contributed by atoms with E-state index in [1.165, 1.54) is 0 Å². The quantitative estimate of drug-likeness (QED) is 0.779. The molecule has 0 unspecified atom stereocenters. The van der Waals surface area contributed by atoms with E-state index in [0.29, 0.717) is 16.5 Å². The Morgan fingerprint density at radius 3 is 2.54 bits per heavy atom. The third-order valence-electron chi connectivity index (χ3n) is 4.76. The van der Waals surface area contributed by atoms with E-state index in [2.05, 4.69) is 19.2 Å². The number of primary amides is 1. The number of rotatable bonds is 6. The van der Waals surface area contributed by atoms with Gasteiger partial charge in [-0.2, -0.15) is 0 Å². The van der Waals surface area contributed by atoms with Crippen molar-refractivity contribution in [3.05, 3.63) is 59.1 Å². The first kappa shape index (κ1) is 20.2. The van der Waals surface area contributed by atoms with Crippen molar-refractivity contribution in [2.45, 2.75) is 26.0 Å². The number of nitrogens with one attached hydrogen (secondary N) is 1. The van der Waals surface area contributed by atoms with Crippen LogP contribution in [0.4, 0.5) is 5.69 Å². The van der Waals surface area contributed by atoms with E-state index in [4.69, 9.17) is 22.1 Å². The Kier molecular flexibility index (Phi) is 6.21. The van der Waals surface area contributed by atoms with E-state index in [0.717, 1.165) is 5.56 Å². The van der Waals surface area contributed by atoms with Crippen LogP contribution in [0.3, 0.4) is 0 Å². The van der Waals surface area contributed by atoms with Gasteiger partial charge < -0.3 is 20.7 Å². The van der Waals surface area contributed by atoms with Crippen LogP contribution >= 0.6 is 11.6 Å². The predicted octanol–water partition coefficient (Wildman–Crippen LogP) is 2.91. The summed E-state index contributed by atoms with van der Waals surface area (Å²) >= 11 is 5.98. The monoisotopic (exact) mass is 401 g/mol. The maximum Gasteiger partial charge on any atom is 0.260 e. The molecule has 2 amide bonds. The Morgan fingerprint density at radius 2 is 1.89 bits per heavy atom. The number of para-hydroxylation sites is 2. The number of hydrogen-bond donors (Lipinski definition) is 2. The second-order valence-electron chi connectivity index (χ2n) is 7.14. The molecule has 3 rings (SSSR count). The maximum absolute atomic E-state index is 13.0. The number of halogens is 1. The molecular formula is C21H24ClN3O3. The van der Waals surface area contributed by atoms with Crippen molar-refractivity contribution in [3.8, 4) is 5.75 Å². The number of benzene rings is 2. The van der Waals surface area contributed by atoms with Crippen molar-refractivity contribution in [2.24, 2.45) is 11.7 Å². The first-order valence-corrected chi connectivity index (χ1v) is 9.59. The summed E-state index contributed by atoms with van der Waals surface area (Å²) in [4.78, 5) is 26.2. The maximum atomic E-state index is 13.0. The minimum absolute atomic E-state index is 0.00978. The van der Waals surface area contributed by atoms with Crippen molar-refractivity contribution in [1.29, 1.82) is 0 Å². The van der Waals surface area contributed by atoms with Gasteiger partial charge in [-0.15, -0.1) is 0 Å². The number of ether oxygens (including phenoxy) is 1. The fourth-order valence-corrected chi connectivity index (χ4v) is 3.45. The largest absolute Gasteiger partial charge is 0.477 e. The predicted molar refractivity (Wildman–Crippen MR) is 109 cm³/mol. The minimum atomic E-state index is -0.865. The molecule has 28 heavy (non-hydrogen) atoms. The molecule has 2 aromatic carbocycles. The molecular weight excluding hydrogens is 378 g/mol. The molecule has 0 saturated heterocycles. The Labute approximate surface area is 169 Å². The molecule has 7 heteroatoms. The van der Waals surface area contributed by atoms with Crippen molar-refractivity contribution in [3.63, 3.8) is 0 Å². The number of anilines is 1. The number of carbonyl (C=O) groups excluding carboxylic acids is 2. The molecule has 0 saturated carbocycles. The fourth-order valence-electron chi connectivity index (χ4n) is 3.32. The van der Waals surface area contributed by atoms with Gasteiger partial charge >= 0.3 is 0 Å². The van der Waals surface area contributed by atoms with E-state index in [9.17, 15) is 9.59 Å². The lowest BCUT2D eigenvalue weighted by atomic mass is 9.96. The van der Waals surface area contributed by atoms with Gasteiger partial charge in [0, 0.05) is 11.1 Å². The first-order valence-electron chi connectivity index (χ1n) is 9.21. The minimum Gasteiger partial charge on any atom is -0.477 e. The van der Waals surface area contributed by atoms with Crippen molar-refractivity contribution < 1.29 is 14.3 Å². The van der Waals surface area contributed by atoms with Gasteiger partial charge in [-0.1, -0.05) is 49.7 Å². The normalized spacial score (nSPS) is 17.0. The van der Waals surface area contributed by atoms with Gasteiger partial charge in [0.2, 0.25) is 5.91 Å². The number of hydrogen-bond acceptors (Lipinski definition) is 4. The zero-order chi connectivity index (χ0) is 20.3. The van der Waals surface area contributed by atoms with E-state index in [1.807, 2.05) is 30.3 Å². The summed E-state index contributed by atoms with van der Waals surface area (Å²) in [6.07, 6.45) is -0.865. The third-order valence-corrected chi connectivity index (χ3v) is 5.01. The summed E-state index contributed by atoms with van der Waals surface area (Å²) in [6.45, 7) is 4.39. The topological polar surface area (TPSA) is 84.7 Å². The summed E-state index contributed by atoms with van der Waals surface area (Å²) in [7, 11) is 0. The van der Waals surface area contributed by atoms with Crippen LogP contribution in [0.25, 0.3) is 0 Å². The van der Waals surface area contributed by atoms with Gasteiger partial charge in [0.05, 0.1) is 18.8 Å². The Morgan fingerprint density at radius 1 is 1.21 bits per heavy atom. The fraction of sp³-hybridized carbons (Fsp3) is 0.333. The molecule has 148 valence electrons. The third kappa shape index (κ3) is 4.46. The highest BCUT2D eigenvalue weighted by molar-refractivity contribution is 6.30. The molecule has 2 aromatic rings. The van der Waals surface area contributed by atoms with E-state index in [-0.39, 0.29) is 31.0 Å². The second kappa shape index (κ2) is 8.63. The molecule has 2 atom stereocenters. The number of nitrogens with two attached hydrogens (primary N) is 1. The molecule has 1 aliphatic rings. The van der Waals surface area contributed by atoms with Crippen molar-refractivity contribution >= 4 is 29.1 Å². The van der Waals surface area contributed by atoms with Gasteiger partial charge in [-0.05, 0) is 35.7 Å². The summed E-state index contributed by atoms with van der Waals surface area (Å²) in [5.41, 5.74) is 7.11. The number of amides is 2. The smallest absolute Gasteiger partial charge is 0.260 e. The lowest BCUT2D eigenvalue weighted by molar-refractivity contribution is -0.125. The van der Waals surface area contributed by atoms with E-state index < -0.39 is 12.0 Å². The van der Waals surface area contributed by atoms with E-state index >= 15 is 0 Å². The molecule has 0 fully saturated rings. The standard InChI is InChI=1S/C21H24ClN3O3/c1-13(2)20(14-7-9-15(22)10-8-14)24-11-19(26)25-12-18(21(23)27)28-17-6-4-3-5-16(17)25/h3-10,13,18,20,24H,11-12H2,1-2H3,(H2,23,27)/t18-,20-/m0/s1. The molecule has 0 bridgehead atoms. The van der Waals surface area contributed by atoms with E-state index in [1.54, 1.807) is 23.1 Å². The average Bonchev–Trinajstić information content (AvgIpc) is 2.68. The Balaban J connectivity index is 1.75. The van der Waals surface area contributed by atoms with Crippen LogP contribution < -0.4 is 20.7 Å². The SMILES string of the molecule is CC(C)[C@H](NCC(=O)N1C[C@@H](C(N)=O)Oc2ccccc21)c1ccc(Cl)cc1. The summed E-state index contributed by atoms with van der Waals surface area (Å²) in [5, 5.41) is 4.01. The lowest BCUT2D eigenvalue weighted by Gasteiger charge is -2.34. The summed E-state index contributed by atoms with van der Waals surface area (Å²) in [5.74, 6) is -0.00331. The Bertz CT molecular complexity index is 854. The first-order chi connectivity index (χ1) is 13.4. The highest BCUT2D eigenvalue weighted by atomic mass is 35.5. The summed E-state index contributed by atoms with van der Waals surface area (Å²) < 4.78 is 5.62.